The summed E-state index contributed by atoms with van der Waals surface area (Å²) >= 11 is 0. The second kappa shape index (κ2) is 3.15. The molecule has 3 heteroatoms. The van der Waals surface area contributed by atoms with Gasteiger partial charge in [-0.1, -0.05) is 0 Å². The SMILES string of the molecule is [Ag].c1cocn1. The molecule has 0 amide bonds. The van der Waals surface area contributed by atoms with Crippen molar-refractivity contribution in [2.24, 2.45) is 0 Å². The molecule has 1 aromatic heterocycles. The Hall–Kier alpha value is -0.0497. The second-order valence-corrected chi connectivity index (χ2v) is 0.676. The van der Waals surface area contributed by atoms with E-state index in [2.05, 4.69) is 9.40 Å². The van der Waals surface area contributed by atoms with Crippen LogP contribution in [0.4, 0.5) is 0 Å². The maximum Gasteiger partial charge on any atom is 0.180 e. The molecule has 0 atom stereocenters. The average Bonchev–Trinajstić information content (AvgIpc) is 1.76. The van der Waals surface area contributed by atoms with Crippen LogP contribution in [0.5, 0.6) is 0 Å². The summed E-state index contributed by atoms with van der Waals surface area (Å²) in [5.41, 5.74) is 0. The van der Waals surface area contributed by atoms with E-state index in [0.29, 0.717) is 0 Å². The predicted octanol–water partition coefficient (Wildman–Crippen LogP) is 0.672. The van der Waals surface area contributed by atoms with E-state index >= 15 is 0 Å². The van der Waals surface area contributed by atoms with E-state index in [4.69, 9.17) is 0 Å². The summed E-state index contributed by atoms with van der Waals surface area (Å²) in [4.78, 5) is 3.56. The van der Waals surface area contributed by atoms with Gasteiger partial charge in [-0.15, -0.1) is 0 Å². The molecule has 1 radical (unpaired) electrons. The molecule has 0 aliphatic carbocycles. The Morgan fingerprint density at radius 2 is 2.33 bits per heavy atom. The molecule has 1 rings (SSSR count). The molecule has 0 bridgehead atoms. The van der Waals surface area contributed by atoms with E-state index in [1.54, 1.807) is 6.20 Å². The zero-order valence-electron chi connectivity index (χ0n) is 2.89. The standard InChI is InChI=1S/C3H3NO.Ag/c1-2-5-3-4-1;/h1-3H;. The Bertz CT molecular complexity index is 67.3. The number of hydrogen-bond acceptors (Lipinski definition) is 2. The van der Waals surface area contributed by atoms with Crippen LogP contribution < -0.4 is 0 Å². The molecule has 0 unspecified atom stereocenters. The third-order valence-electron chi connectivity index (χ3n) is 0.347. The fourth-order valence-electron chi connectivity index (χ4n) is 0.176. The first-order chi connectivity index (χ1) is 2.50. The largest absolute Gasteiger partial charge is 0.452 e. The average molecular weight is 177 g/mol. The number of rotatable bonds is 0. The Morgan fingerprint density at radius 3 is 2.50 bits per heavy atom. The molecule has 1 heterocycles. The molecule has 0 N–H and O–H groups in total. The molecule has 37 valence electrons. The van der Waals surface area contributed by atoms with Gasteiger partial charge in [-0.25, -0.2) is 4.98 Å². The molecule has 0 fully saturated rings. The van der Waals surface area contributed by atoms with Crippen LogP contribution in [0, 0.1) is 0 Å². The first-order valence-electron chi connectivity index (χ1n) is 1.32. The Morgan fingerprint density at radius 1 is 1.50 bits per heavy atom. The Balaban J connectivity index is 0.000000250. The molecule has 0 aliphatic heterocycles. The summed E-state index contributed by atoms with van der Waals surface area (Å²) in [6.07, 6.45) is 4.47. The van der Waals surface area contributed by atoms with Gasteiger partial charge in [0.05, 0.1) is 6.20 Å². The van der Waals surface area contributed by atoms with Crippen LogP contribution in [-0.2, 0) is 22.4 Å². The van der Waals surface area contributed by atoms with Gasteiger partial charge in [0, 0.05) is 22.4 Å². The van der Waals surface area contributed by atoms with Gasteiger partial charge in [0.25, 0.3) is 0 Å². The molecule has 0 saturated carbocycles. The molecule has 6 heavy (non-hydrogen) atoms. The molecule has 0 aromatic carbocycles. The van der Waals surface area contributed by atoms with Crippen molar-refractivity contribution in [2.45, 2.75) is 0 Å². The first kappa shape index (κ1) is 5.95. The number of nitrogens with zero attached hydrogens (tertiary/aromatic N) is 1. The van der Waals surface area contributed by atoms with E-state index in [0.717, 1.165) is 0 Å². The van der Waals surface area contributed by atoms with Crippen molar-refractivity contribution in [1.82, 2.24) is 4.98 Å². The summed E-state index contributed by atoms with van der Waals surface area (Å²) < 4.78 is 4.47. The van der Waals surface area contributed by atoms with Crippen LogP contribution in [0.15, 0.2) is 23.3 Å². The molecule has 0 aliphatic rings. The van der Waals surface area contributed by atoms with Gasteiger partial charge in [0.15, 0.2) is 6.39 Å². The molecular formula is C3H3AgNO. The molecule has 2 nitrogen and oxygen atoms in total. The fourth-order valence-corrected chi connectivity index (χ4v) is 0.176. The van der Waals surface area contributed by atoms with Gasteiger partial charge in [-0.3, -0.25) is 0 Å². The molecule has 0 spiro atoms. The third kappa shape index (κ3) is 1.40. The second-order valence-electron chi connectivity index (χ2n) is 0.676. The van der Waals surface area contributed by atoms with Crippen LogP contribution in [0.1, 0.15) is 0 Å². The predicted molar refractivity (Wildman–Crippen MR) is 16.5 cm³/mol. The van der Waals surface area contributed by atoms with E-state index < -0.39 is 0 Å². The van der Waals surface area contributed by atoms with E-state index in [1.807, 2.05) is 0 Å². The Kier molecular flexibility index (Phi) is 3.13. The summed E-state index contributed by atoms with van der Waals surface area (Å²) in [5.74, 6) is 0. The minimum Gasteiger partial charge on any atom is -0.452 e. The molecule has 0 saturated heterocycles. The first-order valence-corrected chi connectivity index (χ1v) is 1.32. The summed E-state index contributed by atoms with van der Waals surface area (Å²) in [7, 11) is 0. The van der Waals surface area contributed by atoms with Gasteiger partial charge in [0.1, 0.15) is 6.26 Å². The quantitative estimate of drug-likeness (QED) is 0.544. The normalized spacial score (nSPS) is 6.67. The van der Waals surface area contributed by atoms with Gasteiger partial charge < -0.3 is 4.42 Å². The van der Waals surface area contributed by atoms with Gasteiger partial charge >= 0.3 is 0 Å². The van der Waals surface area contributed by atoms with Crippen molar-refractivity contribution in [3.05, 3.63) is 18.9 Å². The van der Waals surface area contributed by atoms with Crippen LogP contribution >= 0.6 is 0 Å². The topological polar surface area (TPSA) is 26.0 Å². The summed E-state index contributed by atoms with van der Waals surface area (Å²) in [5, 5.41) is 0. The minimum absolute atomic E-state index is 0. The van der Waals surface area contributed by atoms with Gasteiger partial charge in [-0.05, 0) is 0 Å². The summed E-state index contributed by atoms with van der Waals surface area (Å²) in [6.45, 7) is 0. The van der Waals surface area contributed by atoms with Crippen LogP contribution in [0.2, 0.25) is 0 Å². The van der Waals surface area contributed by atoms with Crippen LogP contribution in [-0.4, -0.2) is 4.98 Å². The van der Waals surface area contributed by atoms with E-state index in [-0.39, 0.29) is 22.4 Å². The Labute approximate surface area is 51.1 Å². The molecule has 1 aromatic rings. The van der Waals surface area contributed by atoms with Crippen molar-refractivity contribution in [3.63, 3.8) is 0 Å². The van der Waals surface area contributed by atoms with E-state index in [9.17, 15) is 0 Å². The maximum atomic E-state index is 4.47. The third-order valence-corrected chi connectivity index (χ3v) is 0.347. The maximum absolute atomic E-state index is 4.47. The fraction of sp³-hybridized carbons (Fsp3) is 0. The zero-order valence-corrected chi connectivity index (χ0v) is 4.37. The van der Waals surface area contributed by atoms with E-state index in [1.165, 1.54) is 12.7 Å². The number of aromatic nitrogens is 1. The van der Waals surface area contributed by atoms with Gasteiger partial charge in [0.2, 0.25) is 0 Å². The van der Waals surface area contributed by atoms with Crippen LogP contribution in [0.3, 0.4) is 0 Å². The van der Waals surface area contributed by atoms with Crippen molar-refractivity contribution in [3.8, 4) is 0 Å². The summed E-state index contributed by atoms with van der Waals surface area (Å²) in [6, 6.07) is 0. The van der Waals surface area contributed by atoms with Gasteiger partial charge in [-0.2, -0.15) is 0 Å². The van der Waals surface area contributed by atoms with Crippen molar-refractivity contribution in [2.75, 3.05) is 0 Å². The number of hydrogen-bond donors (Lipinski definition) is 0. The monoisotopic (exact) mass is 176 g/mol. The van der Waals surface area contributed by atoms with Crippen molar-refractivity contribution >= 4 is 0 Å². The van der Waals surface area contributed by atoms with Crippen molar-refractivity contribution in [1.29, 1.82) is 0 Å². The smallest absolute Gasteiger partial charge is 0.180 e. The minimum atomic E-state index is 0. The zero-order chi connectivity index (χ0) is 3.54. The molecular weight excluding hydrogens is 174 g/mol. The van der Waals surface area contributed by atoms with Crippen LogP contribution in [0.25, 0.3) is 0 Å². The number of oxazole rings is 1. The van der Waals surface area contributed by atoms with Crippen molar-refractivity contribution < 1.29 is 26.8 Å².